The first-order chi connectivity index (χ1) is 10.5. The smallest absolute Gasteiger partial charge is 0.250 e. The Hall–Kier alpha value is -2.63. The highest BCUT2D eigenvalue weighted by Gasteiger charge is 2.27. The second-order valence-electron chi connectivity index (χ2n) is 5.59. The lowest BCUT2D eigenvalue weighted by atomic mass is 9.89. The number of imidazole rings is 1. The molecule has 0 fully saturated rings. The largest absolute Gasteiger partial charge is 0.366 e. The van der Waals surface area contributed by atoms with E-state index in [1.807, 2.05) is 6.92 Å². The van der Waals surface area contributed by atoms with E-state index in [-0.39, 0.29) is 11.8 Å². The van der Waals surface area contributed by atoms with Gasteiger partial charge in [0.2, 0.25) is 5.91 Å². The van der Waals surface area contributed by atoms with Crippen LogP contribution in [0.2, 0.25) is 0 Å². The molecule has 2 amide bonds. The molecule has 2 aromatic rings. The van der Waals surface area contributed by atoms with E-state index >= 15 is 0 Å². The van der Waals surface area contributed by atoms with Crippen LogP contribution in [0.1, 0.15) is 34.0 Å². The van der Waals surface area contributed by atoms with Gasteiger partial charge in [-0.15, -0.1) is 0 Å². The fourth-order valence-corrected chi connectivity index (χ4v) is 2.89. The molecule has 0 radical (unpaired) electrons. The van der Waals surface area contributed by atoms with Gasteiger partial charge in [0.15, 0.2) is 0 Å². The average Bonchev–Trinajstić information content (AvgIpc) is 2.86. The van der Waals surface area contributed by atoms with E-state index in [0.717, 1.165) is 30.1 Å². The van der Waals surface area contributed by atoms with Gasteiger partial charge in [-0.1, -0.05) is 12.1 Å². The van der Waals surface area contributed by atoms with Gasteiger partial charge in [0.05, 0.1) is 16.9 Å². The molecule has 1 atom stereocenters. The number of anilines is 1. The molecule has 0 saturated carbocycles. The molecule has 0 spiro atoms. The van der Waals surface area contributed by atoms with Crippen molar-refractivity contribution in [1.29, 1.82) is 0 Å². The number of primary amides is 1. The van der Waals surface area contributed by atoms with E-state index in [9.17, 15) is 9.59 Å². The molecule has 4 N–H and O–H groups in total. The molecule has 6 nitrogen and oxygen atoms in total. The number of hydrogen-bond acceptors (Lipinski definition) is 3. The van der Waals surface area contributed by atoms with Crippen LogP contribution in [0, 0.1) is 12.8 Å². The molecule has 1 aromatic carbocycles. The number of nitrogens with zero attached hydrogens (tertiary/aromatic N) is 1. The first kappa shape index (κ1) is 14.3. The number of aromatic amines is 1. The molecule has 1 aliphatic rings. The van der Waals surface area contributed by atoms with Gasteiger partial charge in [0.25, 0.3) is 5.91 Å². The van der Waals surface area contributed by atoms with Crippen LogP contribution in [-0.2, 0) is 17.6 Å². The molecule has 0 aliphatic heterocycles. The Balaban J connectivity index is 1.75. The molecule has 0 bridgehead atoms. The normalized spacial score (nSPS) is 16.9. The zero-order chi connectivity index (χ0) is 15.7. The number of hydrogen-bond donors (Lipinski definition) is 3. The number of H-pyrrole nitrogens is 1. The summed E-state index contributed by atoms with van der Waals surface area (Å²) in [6, 6.07) is 6.77. The Kier molecular flexibility index (Phi) is 3.66. The monoisotopic (exact) mass is 298 g/mol. The van der Waals surface area contributed by atoms with Gasteiger partial charge in [-0.05, 0) is 31.9 Å². The van der Waals surface area contributed by atoms with Gasteiger partial charge in [-0.2, -0.15) is 0 Å². The maximum Gasteiger partial charge on any atom is 0.250 e. The first-order valence-electron chi connectivity index (χ1n) is 7.28. The molecule has 1 unspecified atom stereocenters. The Labute approximate surface area is 128 Å². The van der Waals surface area contributed by atoms with Crippen molar-refractivity contribution >= 4 is 17.5 Å². The lowest BCUT2D eigenvalue weighted by Crippen LogP contribution is -2.29. The molecular weight excluding hydrogens is 280 g/mol. The van der Waals surface area contributed by atoms with Gasteiger partial charge in [0.1, 0.15) is 5.82 Å². The van der Waals surface area contributed by atoms with Crippen molar-refractivity contribution in [2.24, 2.45) is 11.7 Å². The fourth-order valence-electron chi connectivity index (χ4n) is 2.89. The Morgan fingerprint density at radius 2 is 2.14 bits per heavy atom. The minimum atomic E-state index is -0.550. The number of aryl methyl sites for hydroxylation is 2. The predicted molar refractivity (Wildman–Crippen MR) is 82.4 cm³/mol. The van der Waals surface area contributed by atoms with Crippen LogP contribution in [0.25, 0.3) is 0 Å². The minimum absolute atomic E-state index is 0.0911. The summed E-state index contributed by atoms with van der Waals surface area (Å²) < 4.78 is 0. The van der Waals surface area contributed by atoms with Crippen molar-refractivity contribution in [1.82, 2.24) is 9.97 Å². The summed E-state index contributed by atoms with van der Waals surface area (Å²) in [6.07, 6.45) is 2.18. The van der Waals surface area contributed by atoms with E-state index in [4.69, 9.17) is 5.73 Å². The van der Waals surface area contributed by atoms with E-state index in [0.29, 0.717) is 17.7 Å². The molecular formula is C16H18N4O2. The molecule has 1 heterocycles. The lowest BCUT2D eigenvalue weighted by Gasteiger charge is -2.21. The third-order valence-corrected chi connectivity index (χ3v) is 3.98. The highest BCUT2D eigenvalue weighted by Crippen LogP contribution is 2.25. The van der Waals surface area contributed by atoms with Crippen molar-refractivity contribution in [3.63, 3.8) is 0 Å². The van der Waals surface area contributed by atoms with Crippen LogP contribution < -0.4 is 11.1 Å². The highest BCUT2D eigenvalue weighted by atomic mass is 16.2. The summed E-state index contributed by atoms with van der Waals surface area (Å²) in [5, 5.41) is 2.83. The predicted octanol–water partition coefficient (Wildman–Crippen LogP) is 1.56. The Bertz CT molecular complexity index is 735. The zero-order valence-electron chi connectivity index (χ0n) is 12.3. The first-order valence-corrected chi connectivity index (χ1v) is 7.28. The number of carbonyl (C=O) groups excluding carboxylic acids is 2. The molecule has 1 aliphatic carbocycles. The van der Waals surface area contributed by atoms with Crippen LogP contribution in [0.3, 0.4) is 0 Å². The summed E-state index contributed by atoms with van der Waals surface area (Å²) in [4.78, 5) is 31.5. The summed E-state index contributed by atoms with van der Waals surface area (Å²) in [5.74, 6) is 0.107. The summed E-state index contributed by atoms with van der Waals surface area (Å²) in [7, 11) is 0. The minimum Gasteiger partial charge on any atom is -0.366 e. The molecule has 22 heavy (non-hydrogen) atoms. The molecule has 6 heteroatoms. The number of amides is 2. The molecule has 1 aromatic heterocycles. The van der Waals surface area contributed by atoms with Crippen LogP contribution in [0.15, 0.2) is 24.3 Å². The van der Waals surface area contributed by atoms with E-state index in [1.54, 1.807) is 24.3 Å². The third kappa shape index (κ3) is 2.72. The lowest BCUT2D eigenvalue weighted by molar-refractivity contribution is -0.120. The number of para-hydroxylation sites is 1. The number of nitrogens with two attached hydrogens (primary N) is 1. The van der Waals surface area contributed by atoms with Crippen LogP contribution in [-0.4, -0.2) is 21.8 Å². The number of benzene rings is 1. The van der Waals surface area contributed by atoms with E-state index < -0.39 is 5.91 Å². The van der Waals surface area contributed by atoms with Crippen molar-refractivity contribution in [3.05, 3.63) is 47.0 Å². The topological polar surface area (TPSA) is 101 Å². The Morgan fingerprint density at radius 1 is 1.36 bits per heavy atom. The molecule has 0 saturated heterocycles. The number of fused-ring (bicyclic) bond motifs is 1. The average molecular weight is 298 g/mol. The van der Waals surface area contributed by atoms with Gasteiger partial charge in [0, 0.05) is 18.0 Å². The summed E-state index contributed by atoms with van der Waals surface area (Å²) in [5.41, 5.74) is 8.21. The summed E-state index contributed by atoms with van der Waals surface area (Å²) >= 11 is 0. The van der Waals surface area contributed by atoms with Crippen molar-refractivity contribution in [2.75, 3.05) is 5.32 Å². The number of carbonyl (C=O) groups is 2. The van der Waals surface area contributed by atoms with Crippen molar-refractivity contribution in [3.8, 4) is 0 Å². The molecule has 3 rings (SSSR count). The van der Waals surface area contributed by atoms with Crippen LogP contribution in [0.4, 0.5) is 5.69 Å². The van der Waals surface area contributed by atoms with Crippen molar-refractivity contribution < 1.29 is 9.59 Å². The Morgan fingerprint density at radius 3 is 2.91 bits per heavy atom. The van der Waals surface area contributed by atoms with Crippen LogP contribution in [0.5, 0.6) is 0 Å². The SMILES string of the molecule is Cc1nc2c([nH]1)CC(C(=O)Nc1ccccc1C(N)=O)CC2. The summed E-state index contributed by atoms with van der Waals surface area (Å²) in [6.45, 7) is 1.91. The maximum absolute atomic E-state index is 12.5. The maximum atomic E-state index is 12.5. The molecule has 114 valence electrons. The standard InChI is InChI=1S/C16H18N4O2/c1-9-18-13-7-6-10(8-14(13)19-9)16(22)20-12-5-3-2-4-11(12)15(17)21/h2-5,10H,6-8H2,1H3,(H2,17,21)(H,18,19)(H,20,22). The second-order valence-corrected chi connectivity index (χ2v) is 5.59. The fraction of sp³-hybridized carbons (Fsp3) is 0.312. The van der Waals surface area contributed by atoms with Crippen molar-refractivity contribution in [2.45, 2.75) is 26.2 Å². The zero-order valence-corrected chi connectivity index (χ0v) is 12.3. The van der Waals surface area contributed by atoms with Gasteiger partial charge >= 0.3 is 0 Å². The quantitative estimate of drug-likeness (QED) is 0.801. The number of nitrogens with one attached hydrogen (secondary N) is 2. The third-order valence-electron chi connectivity index (χ3n) is 3.98. The van der Waals surface area contributed by atoms with E-state index in [2.05, 4.69) is 15.3 Å². The van der Waals surface area contributed by atoms with Gasteiger partial charge in [-0.25, -0.2) is 4.98 Å². The van der Waals surface area contributed by atoms with Gasteiger partial charge in [-0.3, -0.25) is 9.59 Å². The van der Waals surface area contributed by atoms with E-state index in [1.165, 1.54) is 0 Å². The highest BCUT2D eigenvalue weighted by molar-refractivity contribution is 6.03. The second kappa shape index (κ2) is 5.63. The van der Waals surface area contributed by atoms with Crippen LogP contribution >= 0.6 is 0 Å². The van der Waals surface area contributed by atoms with Gasteiger partial charge < -0.3 is 16.0 Å². The number of rotatable bonds is 3. The number of aromatic nitrogens is 2.